The molecular weight excluding hydrogens is 355 g/mol. The van der Waals surface area contributed by atoms with E-state index in [1.807, 2.05) is 24.3 Å². The number of halogens is 2. The summed E-state index contributed by atoms with van der Waals surface area (Å²) >= 11 is 4.80. The standard InChI is InChI=1S/C16H12BrFO2S/c17-16-10(4-3-5-11(16)18)8-12(19)14-9-21-15-7-2-1-6-13(15)20-14/h1-7,14H,8-9H2. The zero-order valence-corrected chi connectivity index (χ0v) is 13.4. The van der Waals surface area contributed by atoms with Crippen LogP contribution >= 0.6 is 27.7 Å². The minimum Gasteiger partial charge on any atom is -0.481 e. The molecule has 0 fully saturated rings. The van der Waals surface area contributed by atoms with E-state index < -0.39 is 6.10 Å². The minimum atomic E-state index is -0.486. The van der Waals surface area contributed by atoms with Gasteiger partial charge in [0.05, 0.1) is 4.47 Å². The summed E-state index contributed by atoms with van der Waals surface area (Å²) in [6.45, 7) is 0. The van der Waals surface area contributed by atoms with Crippen molar-refractivity contribution in [3.8, 4) is 5.75 Å². The summed E-state index contributed by atoms with van der Waals surface area (Å²) in [5.41, 5.74) is 0.646. The molecule has 1 aliphatic rings. The summed E-state index contributed by atoms with van der Waals surface area (Å²) < 4.78 is 19.6. The largest absolute Gasteiger partial charge is 0.481 e. The van der Waals surface area contributed by atoms with Crippen LogP contribution in [0, 0.1) is 5.82 Å². The van der Waals surface area contributed by atoms with Gasteiger partial charge in [-0.1, -0.05) is 24.3 Å². The lowest BCUT2D eigenvalue weighted by Crippen LogP contribution is -2.33. The highest BCUT2D eigenvalue weighted by atomic mass is 79.9. The molecule has 0 saturated heterocycles. The fourth-order valence-electron chi connectivity index (χ4n) is 2.16. The van der Waals surface area contributed by atoms with Gasteiger partial charge in [-0.2, -0.15) is 0 Å². The van der Waals surface area contributed by atoms with Crippen molar-refractivity contribution in [1.82, 2.24) is 0 Å². The smallest absolute Gasteiger partial charge is 0.178 e. The van der Waals surface area contributed by atoms with E-state index in [-0.39, 0.29) is 18.0 Å². The van der Waals surface area contributed by atoms with Gasteiger partial charge in [-0.25, -0.2) is 4.39 Å². The first-order valence-electron chi connectivity index (χ1n) is 6.49. The number of rotatable bonds is 3. The number of para-hydroxylation sites is 1. The van der Waals surface area contributed by atoms with Crippen LogP contribution in [0.4, 0.5) is 4.39 Å². The highest BCUT2D eigenvalue weighted by molar-refractivity contribution is 9.10. The number of Topliss-reactive ketones (excluding diaryl/α,β-unsaturated/α-hetero) is 1. The molecule has 1 heterocycles. The van der Waals surface area contributed by atoms with Gasteiger partial charge < -0.3 is 4.74 Å². The first kappa shape index (κ1) is 14.6. The summed E-state index contributed by atoms with van der Waals surface area (Å²) in [5, 5.41) is 0. The van der Waals surface area contributed by atoms with Crippen LogP contribution in [0.5, 0.6) is 5.75 Å². The van der Waals surface area contributed by atoms with Crippen molar-refractivity contribution < 1.29 is 13.9 Å². The number of ketones is 1. The molecule has 1 atom stereocenters. The number of hydrogen-bond donors (Lipinski definition) is 0. The first-order chi connectivity index (χ1) is 10.1. The van der Waals surface area contributed by atoms with Crippen LogP contribution < -0.4 is 4.74 Å². The van der Waals surface area contributed by atoms with Gasteiger partial charge in [-0.15, -0.1) is 11.8 Å². The Morgan fingerprint density at radius 3 is 2.95 bits per heavy atom. The lowest BCUT2D eigenvalue weighted by Gasteiger charge is -2.24. The molecule has 108 valence electrons. The third-order valence-electron chi connectivity index (χ3n) is 3.26. The van der Waals surface area contributed by atoms with Crippen LogP contribution in [0.3, 0.4) is 0 Å². The summed E-state index contributed by atoms with van der Waals surface area (Å²) in [6.07, 6.45) is -0.328. The Kier molecular flexibility index (Phi) is 4.31. The van der Waals surface area contributed by atoms with E-state index in [1.165, 1.54) is 6.07 Å². The molecule has 5 heteroatoms. The molecule has 0 aliphatic carbocycles. The molecule has 0 aromatic heterocycles. The predicted octanol–water partition coefficient (Wildman–Crippen LogP) is 4.25. The van der Waals surface area contributed by atoms with Crippen LogP contribution in [0.2, 0.25) is 0 Å². The molecule has 2 aromatic carbocycles. The van der Waals surface area contributed by atoms with E-state index in [4.69, 9.17) is 4.74 Å². The van der Waals surface area contributed by atoms with Gasteiger partial charge in [0.25, 0.3) is 0 Å². The normalized spacial score (nSPS) is 17.0. The minimum absolute atomic E-state index is 0.0386. The molecule has 1 aliphatic heterocycles. The zero-order chi connectivity index (χ0) is 14.8. The number of carbonyl (C=O) groups is 1. The summed E-state index contributed by atoms with van der Waals surface area (Å²) in [5.74, 6) is 0.932. The van der Waals surface area contributed by atoms with Gasteiger partial charge in [-0.3, -0.25) is 4.79 Å². The first-order valence-corrected chi connectivity index (χ1v) is 8.27. The topological polar surface area (TPSA) is 26.3 Å². The van der Waals surface area contributed by atoms with Crippen molar-refractivity contribution in [2.75, 3.05) is 5.75 Å². The SMILES string of the molecule is O=C(Cc1cccc(F)c1Br)C1CSc2ccccc2O1. The average Bonchev–Trinajstić information content (AvgIpc) is 2.51. The molecule has 3 rings (SSSR count). The van der Waals surface area contributed by atoms with Crippen molar-refractivity contribution in [1.29, 1.82) is 0 Å². The van der Waals surface area contributed by atoms with Crippen LogP contribution in [0.25, 0.3) is 0 Å². The van der Waals surface area contributed by atoms with Gasteiger partial charge in [0.15, 0.2) is 11.9 Å². The number of carbonyl (C=O) groups excluding carboxylic acids is 1. The molecule has 2 nitrogen and oxygen atoms in total. The van der Waals surface area contributed by atoms with Gasteiger partial charge in [0, 0.05) is 17.1 Å². The second kappa shape index (κ2) is 6.20. The lowest BCUT2D eigenvalue weighted by atomic mass is 10.1. The summed E-state index contributed by atoms with van der Waals surface area (Å²) in [7, 11) is 0. The Morgan fingerprint density at radius 2 is 2.10 bits per heavy atom. The molecule has 0 spiro atoms. The second-order valence-electron chi connectivity index (χ2n) is 4.72. The molecule has 1 unspecified atom stereocenters. The molecule has 0 N–H and O–H groups in total. The second-order valence-corrected chi connectivity index (χ2v) is 6.58. The van der Waals surface area contributed by atoms with E-state index in [1.54, 1.807) is 23.9 Å². The van der Waals surface area contributed by atoms with Crippen LogP contribution in [0.1, 0.15) is 5.56 Å². The van der Waals surface area contributed by atoms with Gasteiger partial charge in [-0.05, 0) is 39.7 Å². The van der Waals surface area contributed by atoms with Crippen molar-refractivity contribution in [2.24, 2.45) is 0 Å². The van der Waals surface area contributed by atoms with Crippen LogP contribution in [-0.2, 0) is 11.2 Å². The quantitative estimate of drug-likeness (QED) is 0.811. The average molecular weight is 367 g/mol. The number of thioether (sulfide) groups is 1. The van der Waals surface area contributed by atoms with Crippen molar-refractivity contribution in [3.05, 3.63) is 58.3 Å². The van der Waals surface area contributed by atoms with Crippen molar-refractivity contribution in [3.63, 3.8) is 0 Å². The Balaban J connectivity index is 1.74. The van der Waals surface area contributed by atoms with E-state index >= 15 is 0 Å². The maximum absolute atomic E-state index is 13.5. The highest BCUT2D eigenvalue weighted by Gasteiger charge is 2.26. The van der Waals surface area contributed by atoms with Crippen molar-refractivity contribution >= 4 is 33.5 Å². The van der Waals surface area contributed by atoms with Gasteiger partial charge in [0.2, 0.25) is 0 Å². The maximum atomic E-state index is 13.5. The molecule has 0 radical (unpaired) electrons. The Hall–Kier alpha value is -1.33. The van der Waals surface area contributed by atoms with Crippen LogP contribution in [0.15, 0.2) is 51.8 Å². The molecule has 0 amide bonds. The van der Waals surface area contributed by atoms with Gasteiger partial charge in [0.1, 0.15) is 11.6 Å². The number of hydrogen-bond acceptors (Lipinski definition) is 3. The molecule has 2 aromatic rings. The fraction of sp³-hybridized carbons (Fsp3) is 0.188. The van der Waals surface area contributed by atoms with E-state index in [9.17, 15) is 9.18 Å². The zero-order valence-electron chi connectivity index (χ0n) is 11.0. The molecule has 0 bridgehead atoms. The van der Waals surface area contributed by atoms with Gasteiger partial charge >= 0.3 is 0 Å². The van der Waals surface area contributed by atoms with Crippen molar-refractivity contribution in [2.45, 2.75) is 17.4 Å². The Morgan fingerprint density at radius 1 is 1.29 bits per heavy atom. The third kappa shape index (κ3) is 3.14. The fourth-order valence-corrected chi connectivity index (χ4v) is 3.59. The summed E-state index contributed by atoms with van der Waals surface area (Å²) in [6, 6.07) is 12.4. The Labute approximate surface area is 134 Å². The highest BCUT2D eigenvalue weighted by Crippen LogP contribution is 2.35. The maximum Gasteiger partial charge on any atom is 0.178 e. The third-order valence-corrected chi connectivity index (χ3v) is 5.27. The van der Waals surface area contributed by atoms with E-state index in [0.29, 0.717) is 15.8 Å². The molecule has 0 saturated carbocycles. The molecule has 21 heavy (non-hydrogen) atoms. The number of ether oxygens (including phenoxy) is 1. The number of benzene rings is 2. The van der Waals surface area contributed by atoms with E-state index in [0.717, 1.165) is 10.6 Å². The predicted molar refractivity (Wildman–Crippen MR) is 84.4 cm³/mol. The Bertz CT molecular complexity index is 690. The lowest BCUT2D eigenvalue weighted by molar-refractivity contribution is -0.124. The monoisotopic (exact) mass is 366 g/mol. The van der Waals surface area contributed by atoms with E-state index in [2.05, 4.69) is 15.9 Å². The number of fused-ring (bicyclic) bond motifs is 1. The molecular formula is C16H12BrFO2S. The van der Waals surface area contributed by atoms with Crippen LogP contribution in [-0.4, -0.2) is 17.6 Å². The summed E-state index contributed by atoms with van der Waals surface area (Å²) in [4.78, 5) is 13.4.